The Labute approximate surface area is 94.1 Å². The van der Waals surface area contributed by atoms with E-state index in [1.165, 1.54) is 38.5 Å². The minimum absolute atomic E-state index is 0.579. The molecule has 0 nitrogen and oxygen atoms in total. The average molecular weight is 204 g/mol. The van der Waals surface area contributed by atoms with Gasteiger partial charge in [0.2, 0.25) is 0 Å². The summed E-state index contributed by atoms with van der Waals surface area (Å²) in [5.41, 5.74) is 3.37. The number of rotatable bonds is 0. The maximum Gasteiger partial charge on any atom is -0.0141 e. The van der Waals surface area contributed by atoms with Crippen molar-refractivity contribution in [2.45, 2.75) is 59.3 Å². The fourth-order valence-electron chi connectivity index (χ4n) is 5.41. The fraction of sp³-hybridized carbons (Fsp3) is 0.867. The topological polar surface area (TPSA) is 0 Å². The molecule has 0 aliphatic heterocycles. The first-order chi connectivity index (χ1) is 6.93. The molecule has 0 amide bonds. The zero-order chi connectivity index (χ0) is 10.9. The zero-order valence-electron chi connectivity index (χ0n) is 10.5. The van der Waals surface area contributed by atoms with E-state index >= 15 is 0 Å². The first-order valence-electron chi connectivity index (χ1n) is 6.61. The van der Waals surface area contributed by atoms with Crippen LogP contribution in [0.5, 0.6) is 0 Å². The third-order valence-electron chi connectivity index (χ3n) is 6.88. The predicted molar refractivity (Wildman–Crippen MR) is 64.7 cm³/mol. The summed E-state index contributed by atoms with van der Waals surface area (Å²) < 4.78 is 0. The Balaban J connectivity index is 2.16. The van der Waals surface area contributed by atoms with Gasteiger partial charge in [-0.15, -0.1) is 0 Å². The van der Waals surface area contributed by atoms with E-state index in [1.807, 2.05) is 0 Å². The maximum absolute atomic E-state index is 4.36. The van der Waals surface area contributed by atoms with Crippen molar-refractivity contribution in [1.29, 1.82) is 0 Å². The Morgan fingerprint density at radius 1 is 1.13 bits per heavy atom. The zero-order valence-corrected chi connectivity index (χ0v) is 10.5. The lowest BCUT2D eigenvalue weighted by molar-refractivity contribution is 0.0325. The summed E-state index contributed by atoms with van der Waals surface area (Å²) in [4.78, 5) is 0. The Hall–Kier alpha value is -0.260. The first-order valence-corrected chi connectivity index (χ1v) is 6.61. The van der Waals surface area contributed by atoms with Crippen LogP contribution in [0.3, 0.4) is 0 Å². The molecule has 0 aromatic heterocycles. The minimum Gasteiger partial charge on any atom is -0.0996 e. The summed E-state index contributed by atoms with van der Waals surface area (Å²) in [6, 6.07) is 0. The molecule has 3 aliphatic rings. The summed E-state index contributed by atoms with van der Waals surface area (Å²) in [5, 5.41) is 0. The van der Waals surface area contributed by atoms with Gasteiger partial charge in [0.1, 0.15) is 0 Å². The molecular weight excluding hydrogens is 180 g/mol. The van der Waals surface area contributed by atoms with Crippen LogP contribution in [-0.4, -0.2) is 0 Å². The van der Waals surface area contributed by atoms with Crippen LogP contribution in [0, 0.1) is 22.2 Å². The number of hydrogen-bond donors (Lipinski definition) is 0. The molecule has 4 atom stereocenters. The highest BCUT2D eigenvalue weighted by Crippen LogP contribution is 2.76. The molecule has 84 valence electrons. The number of allylic oxidation sites excluding steroid dienone is 1. The van der Waals surface area contributed by atoms with Crippen LogP contribution in [0.2, 0.25) is 0 Å². The highest BCUT2D eigenvalue weighted by atomic mass is 14.7. The van der Waals surface area contributed by atoms with Gasteiger partial charge in [-0.3, -0.25) is 0 Å². The molecule has 0 aromatic rings. The van der Waals surface area contributed by atoms with Crippen LogP contribution in [-0.2, 0) is 0 Å². The van der Waals surface area contributed by atoms with Crippen LogP contribution in [0.25, 0.3) is 0 Å². The van der Waals surface area contributed by atoms with Gasteiger partial charge >= 0.3 is 0 Å². The second-order valence-corrected chi connectivity index (χ2v) is 7.08. The van der Waals surface area contributed by atoms with Crippen molar-refractivity contribution in [2.75, 3.05) is 0 Å². The predicted octanol–water partition coefficient (Wildman–Crippen LogP) is 4.56. The van der Waals surface area contributed by atoms with Crippen molar-refractivity contribution in [3.63, 3.8) is 0 Å². The van der Waals surface area contributed by atoms with E-state index < -0.39 is 0 Å². The van der Waals surface area contributed by atoms with E-state index in [0.29, 0.717) is 16.2 Å². The van der Waals surface area contributed by atoms with Gasteiger partial charge in [0.25, 0.3) is 0 Å². The van der Waals surface area contributed by atoms with Crippen LogP contribution in [0.15, 0.2) is 12.2 Å². The van der Waals surface area contributed by atoms with Crippen LogP contribution in [0.4, 0.5) is 0 Å². The molecule has 0 saturated heterocycles. The smallest absolute Gasteiger partial charge is 0.0141 e. The van der Waals surface area contributed by atoms with Crippen molar-refractivity contribution >= 4 is 0 Å². The minimum atomic E-state index is 0.579. The fourth-order valence-corrected chi connectivity index (χ4v) is 5.41. The lowest BCUT2D eigenvalue weighted by atomic mass is 9.59. The molecular formula is C15H24. The Kier molecular flexibility index (Phi) is 1.67. The lowest BCUT2D eigenvalue weighted by Crippen LogP contribution is -2.38. The van der Waals surface area contributed by atoms with Crippen molar-refractivity contribution in [1.82, 2.24) is 0 Å². The highest BCUT2D eigenvalue weighted by molar-refractivity contribution is 5.26. The molecule has 3 rings (SSSR count). The first kappa shape index (κ1) is 9.93. The lowest BCUT2D eigenvalue weighted by Gasteiger charge is -2.45. The van der Waals surface area contributed by atoms with Crippen molar-refractivity contribution in [3.8, 4) is 0 Å². The summed E-state index contributed by atoms with van der Waals surface area (Å²) >= 11 is 0. The van der Waals surface area contributed by atoms with Crippen molar-refractivity contribution in [2.24, 2.45) is 22.2 Å². The molecule has 2 bridgehead atoms. The van der Waals surface area contributed by atoms with E-state index in [1.54, 1.807) is 5.57 Å². The van der Waals surface area contributed by atoms with Gasteiger partial charge in [-0.25, -0.2) is 0 Å². The second-order valence-electron chi connectivity index (χ2n) is 7.08. The monoisotopic (exact) mass is 204 g/mol. The van der Waals surface area contributed by atoms with Gasteiger partial charge in [-0.2, -0.15) is 0 Å². The third kappa shape index (κ3) is 0.867. The van der Waals surface area contributed by atoms with Gasteiger partial charge in [-0.1, -0.05) is 39.3 Å². The normalized spacial score (nSPS) is 58.3. The molecule has 4 unspecified atom stereocenters. The standard InChI is InChI=1S/C15H24/c1-11-6-9-13(2)10-12(11)14(3)7-5-8-15(13,14)4/h12H,1,5-10H2,2-4H3. The van der Waals surface area contributed by atoms with E-state index in [0.717, 1.165) is 5.92 Å². The van der Waals surface area contributed by atoms with E-state index in [-0.39, 0.29) is 0 Å². The van der Waals surface area contributed by atoms with Crippen LogP contribution >= 0.6 is 0 Å². The summed E-state index contributed by atoms with van der Waals surface area (Å²) in [6.45, 7) is 12.1. The third-order valence-corrected chi connectivity index (χ3v) is 6.88. The molecule has 0 aromatic carbocycles. The molecule has 0 radical (unpaired) electrons. The van der Waals surface area contributed by atoms with Crippen molar-refractivity contribution < 1.29 is 0 Å². The van der Waals surface area contributed by atoms with Gasteiger partial charge in [0.05, 0.1) is 0 Å². The molecule has 15 heavy (non-hydrogen) atoms. The van der Waals surface area contributed by atoms with Crippen molar-refractivity contribution in [3.05, 3.63) is 12.2 Å². The van der Waals surface area contributed by atoms with E-state index in [4.69, 9.17) is 0 Å². The molecule has 0 spiro atoms. The van der Waals surface area contributed by atoms with Gasteiger partial charge in [-0.05, 0) is 54.3 Å². The summed E-state index contributed by atoms with van der Waals surface area (Å²) in [6.07, 6.45) is 8.48. The average Bonchev–Trinajstić information content (AvgIpc) is 2.55. The summed E-state index contributed by atoms with van der Waals surface area (Å²) in [5.74, 6) is 0.837. The molecule has 3 saturated carbocycles. The number of fused-ring (bicyclic) bond motifs is 5. The van der Waals surface area contributed by atoms with Gasteiger partial charge in [0.15, 0.2) is 0 Å². The Bertz CT molecular complexity index is 329. The Morgan fingerprint density at radius 3 is 2.60 bits per heavy atom. The Morgan fingerprint density at radius 2 is 1.87 bits per heavy atom. The van der Waals surface area contributed by atoms with Crippen LogP contribution < -0.4 is 0 Å². The summed E-state index contributed by atoms with van der Waals surface area (Å²) in [7, 11) is 0. The molecule has 0 heteroatoms. The SMILES string of the molecule is C=C1CCC2(C)CC1C1(C)CCCC21C. The molecule has 0 N–H and O–H groups in total. The largest absolute Gasteiger partial charge is 0.0996 e. The van der Waals surface area contributed by atoms with E-state index in [9.17, 15) is 0 Å². The van der Waals surface area contributed by atoms with E-state index in [2.05, 4.69) is 27.4 Å². The second kappa shape index (κ2) is 2.52. The molecule has 3 aliphatic carbocycles. The van der Waals surface area contributed by atoms with Gasteiger partial charge in [0, 0.05) is 0 Å². The maximum atomic E-state index is 4.36. The molecule has 3 fully saturated rings. The quantitative estimate of drug-likeness (QED) is 0.507. The van der Waals surface area contributed by atoms with Gasteiger partial charge < -0.3 is 0 Å². The highest BCUT2D eigenvalue weighted by Gasteiger charge is 2.68. The van der Waals surface area contributed by atoms with Crippen LogP contribution in [0.1, 0.15) is 59.3 Å². The number of hydrogen-bond acceptors (Lipinski definition) is 0. The molecule has 0 heterocycles.